The van der Waals surface area contributed by atoms with Crippen molar-refractivity contribution in [2.45, 2.75) is 13.5 Å². The predicted octanol–water partition coefficient (Wildman–Crippen LogP) is 5.45. The minimum absolute atomic E-state index is 0.467. The summed E-state index contributed by atoms with van der Waals surface area (Å²) in [4.78, 5) is 8.89. The molecule has 0 aliphatic carbocycles. The first kappa shape index (κ1) is 16.6. The van der Waals surface area contributed by atoms with Crippen LogP contribution in [-0.4, -0.2) is 9.97 Å². The summed E-state index contributed by atoms with van der Waals surface area (Å²) in [5, 5.41) is 7.38. The average Bonchev–Trinajstić information content (AvgIpc) is 2.58. The SMILES string of the molecule is Cc1cc(Nc2cccc(Cl)c2Cl)nc(NCc2ccccc2)n1. The summed E-state index contributed by atoms with van der Waals surface area (Å²) in [7, 11) is 0. The van der Waals surface area contributed by atoms with Gasteiger partial charge in [0, 0.05) is 18.3 Å². The first-order valence-electron chi connectivity index (χ1n) is 7.46. The second-order valence-electron chi connectivity index (χ2n) is 5.28. The summed E-state index contributed by atoms with van der Waals surface area (Å²) < 4.78 is 0. The van der Waals surface area contributed by atoms with Crippen molar-refractivity contribution in [3.63, 3.8) is 0 Å². The molecule has 0 amide bonds. The van der Waals surface area contributed by atoms with Crippen molar-refractivity contribution in [3.8, 4) is 0 Å². The Labute approximate surface area is 150 Å². The molecule has 6 heteroatoms. The van der Waals surface area contributed by atoms with Gasteiger partial charge in [0.25, 0.3) is 0 Å². The summed E-state index contributed by atoms with van der Waals surface area (Å²) >= 11 is 12.3. The first-order valence-corrected chi connectivity index (χ1v) is 8.22. The topological polar surface area (TPSA) is 49.8 Å². The standard InChI is InChI=1S/C18H16Cl2N4/c1-12-10-16(23-15-9-5-8-14(19)17(15)20)24-18(22-12)21-11-13-6-3-2-4-7-13/h2-10H,11H2,1H3,(H2,21,22,23,24). The van der Waals surface area contributed by atoms with Crippen LogP contribution in [0.25, 0.3) is 0 Å². The molecule has 0 aliphatic rings. The lowest BCUT2D eigenvalue weighted by Gasteiger charge is -2.11. The molecule has 0 saturated heterocycles. The van der Waals surface area contributed by atoms with Crippen LogP contribution in [0.5, 0.6) is 0 Å². The van der Waals surface area contributed by atoms with Crippen LogP contribution in [0.1, 0.15) is 11.3 Å². The van der Waals surface area contributed by atoms with Crippen LogP contribution in [-0.2, 0) is 6.54 Å². The van der Waals surface area contributed by atoms with Gasteiger partial charge in [-0.25, -0.2) is 4.98 Å². The molecule has 0 atom stereocenters. The van der Waals surface area contributed by atoms with Crippen molar-refractivity contribution in [3.05, 3.63) is 75.9 Å². The van der Waals surface area contributed by atoms with Crippen molar-refractivity contribution in [2.24, 2.45) is 0 Å². The zero-order valence-corrected chi connectivity index (χ0v) is 14.6. The molecule has 0 aliphatic heterocycles. The number of nitrogens with zero attached hydrogens (tertiary/aromatic N) is 2. The van der Waals surface area contributed by atoms with Gasteiger partial charge in [-0.15, -0.1) is 0 Å². The lowest BCUT2D eigenvalue weighted by molar-refractivity contribution is 1.03. The number of benzene rings is 2. The van der Waals surface area contributed by atoms with E-state index in [0.29, 0.717) is 34.0 Å². The van der Waals surface area contributed by atoms with E-state index >= 15 is 0 Å². The Hall–Kier alpha value is -2.30. The normalized spacial score (nSPS) is 10.5. The third-order valence-electron chi connectivity index (χ3n) is 3.36. The molecule has 24 heavy (non-hydrogen) atoms. The molecule has 2 aromatic carbocycles. The molecule has 0 fully saturated rings. The van der Waals surface area contributed by atoms with E-state index in [1.807, 2.05) is 55.5 Å². The zero-order chi connectivity index (χ0) is 16.9. The predicted molar refractivity (Wildman–Crippen MR) is 100 cm³/mol. The fourth-order valence-electron chi connectivity index (χ4n) is 2.23. The monoisotopic (exact) mass is 358 g/mol. The van der Waals surface area contributed by atoms with Gasteiger partial charge in [0.15, 0.2) is 0 Å². The number of rotatable bonds is 5. The van der Waals surface area contributed by atoms with Crippen LogP contribution in [0.15, 0.2) is 54.6 Å². The van der Waals surface area contributed by atoms with Gasteiger partial charge in [-0.1, -0.05) is 59.6 Å². The summed E-state index contributed by atoms with van der Waals surface area (Å²) in [6.45, 7) is 2.57. The number of hydrogen-bond acceptors (Lipinski definition) is 4. The van der Waals surface area contributed by atoms with Gasteiger partial charge in [0.2, 0.25) is 5.95 Å². The van der Waals surface area contributed by atoms with E-state index < -0.39 is 0 Å². The van der Waals surface area contributed by atoms with Gasteiger partial charge in [-0.2, -0.15) is 4.98 Å². The third kappa shape index (κ3) is 4.16. The van der Waals surface area contributed by atoms with E-state index in [9.17, 15) is 0 Å². The Morgan fingerprint density at radius 2 is 1.75 bits per heavy atom. The highest BCUT2D eigenvalue weighted by Crippen LogP contribution is 2.31. The number of anilines is 3. The maximum atomic E-state index is 6.21. The highest BCUT2D eigenvalue weighted by molar-refractivity contribution is 6.43. The van der Waals surface area contributed by atoms with Crippen LogP contribution in [0.3, 0.4) is 0 Å². The first-order chi connectivity index (χ1) is 11.6. The molecule has 0 bridgehead atoms. The lowest BCUT2D eigenvalue weighted by atomic mass is 10.2. The van der Waals surface area contributed by atoms with Crippen molar-refractivity contribution in [2.75, 3.05) is 10.6 Å². The molecule has 3 rings (SSSR count). The number of halogens is 2. The Bertz CT molecular complexity index is 838. The smallest absolute Gasteiger partial charge is 0.225 e. The van der Waals surface area contributed by atoms with Gasteiger partial charge in [0.1, 0.15) is 5.82 Å². The van der Waals surface area contributed by atoms with E-state index in [0.717, 1.165) is 11.3 Å². The maximum absolute atomic E-state index is 6.21. The van der Waals surface area contributed by atoms with Crippen LogP contribution in [0, 0.1) is 6.92 Å². The average molecular weight is 359 g/mol. The van der Waals surface area contributed by atoms with E-state index in [2.05, 4.69) is 20.6 Å². The highest BCUT2D eigenvalue weighted by Gasteiger charge is 2.07. The molecule has 2 N–H and O–H groups in total. The summed E-state index contributed by atoms with van der Waals surface area (Å²) in [6, 6.07) is 17.4. The largest absolute Gasteiger partial charge is 0.350 e. The zero-order valence-electron chi connectivity index (χ0n) is 13.1. The molecule has 1 heterocycles. The second-order valence-corrected chi connectivity index (χ2v) is 6.07. The Kier molecular flexibility index (Phi) is 5.18. The summed E-state index contributed by atoms with van der Waals surface area (Å²) in [6.07, 6.45) is 0. The van der Waals surface area contributed by atoms with Gasteiger partial charge in [0.05, 0.1) is 15.7 Å². The van der Waals surface area contributed by atoms with Crippen LogP contribution in [0.2, 0.25) is 10.0 Å². The van der Waals surface area contributed by atoms with E-state index in [1.54, 1.807) is 6.07 Å². The number of aryl methyl sites for hydroxylation is 1. The van der Waals surface area contributed by atoms with Crippen LogP contribution >= 0.6 is 23.2 Å². The number of aromatic nitrogens is 2. The molecule has 1 aromatic heterocycles. The molecule has 122 valence electrons. The fourth-order valence-corrected chi connectivity index (χ4v) is 2.57. The summed E-state index contributed by atoms with van der Waals surface area (Å²) in [5.74, 6) is 1.21. The molecule has 0 saturated carbocycles. The van der Waals surface area contributed by atoms with Crippen molar-refractivity contribution >= 4 is 40.7 Å². The van der Waals surface area contributed by atoms with Crippen molar-refractivity contribution in [1.82, 2.24) is 9.97 Å². The molecule has 3 aromatic rings. The number of nitrogens with one attached hydrogen (secondary N) is 2. The van der Waals surface area contributed by atoms with E-state index in [4.69, 9.17) is 23.2 Å². The minimum Gasteiger partial charge on any atom is -0.350 e. The Morgan fingerprint density at radius 3 is 2.54 bits per heavy atom. The molecular formula is C18H16Cl2N4. The van der Waals surface area contributed by atoms with Crippen molar-refractivity contribution in [1.29, 1.82) is 0 Å². The third-order valence-corrected chi connectivity index (χ3v) is 4.18. The fraction of sp³-hybridized carbons (Fsp3) is 0.111. The Balaban J connectivity index is 1.77. The van der Waals surface area contributed by atoms with Gasteiger partial charge in [-0.05, 0) is 24.6 Å². The Morgan fingerprint density at radius 1 is 0.958 bits per heavy atom. The molecule has 4 nitrogen and oxygen atoms in total. The van der Waals surface area contributed by atoms with Gasteiger partial charge < -0.3 is 10.6 Å². The molecule has 0 radical (unpaired) electrons. The highest BCUT2D eigenvalue weighted by atomic mass is 35.5. The summed E-state index contributed by atoms with van der Waals surface area (Å²) in [5.41, 5.74) is 2.72. The van der Waals surface area contributed by atoms with Crippen LogP contribution < -0.4 is 10.6 Å². The van der Waals surface area contributed by atoms with E-state index in [1.165, 1.54) is 0 Å². The quantitative estimate of drug-likeness (QED) is 0.636. The lowest BCUT2D eigenvalue weighted by Crippen LogP contribution is -2.06. The van der Waals surface area contributed by atoms with Gasteiger partial charge in [-0.3, -0.25) is 0 Å². The minimum atomic E-state index is 0.467. The molecule has 0 unspecified atom stereocenters. The van der Waals surface area contributed by atoms with Gasteiger partial charge >= 0.3 is 0 Å². The maximum Gasteiger partial charge on any atom is 0.225 e. The van der Waals surface area contributed by atoms with Crippen LogP contribution in [0.4, 0.5) is 17.5 Å². The van der Waals surface area contributed by atoms with E-state index in [-0.39, 0.29) is 0 Å². The molecule has 0 spiro atoms. The number of hydrogen-bond donors (Lipinski definition) is 2. The second kappa shape index (κ2) is 7.51. The van der Waals surface area contributed by atoms with Crippen molar-refractivity contribution < 1.29 is 0 Å². The molecular weight excluding hydrogens is 343 g/mol.